The van der Waals surface area contributed by atoms with Crippen LogP contribution >= 0.6 is 23.2 Å². The second-order valence-corrected chi connectivity index (χ2v) is 8.33. The zero-order valence-corrected chi connectivity index (χ0v) is 16.9. The first-order chi connectivity index (χ1) is 12.6. The third kappa shape index (κ3) is 3.70. The number of benzene rings is 1. The molecule has 2 aliphatic rings. The molecule has 0 amide bonds. The quantitative estimate of drug-likeness (QED) is 0.614. The van der Waals surface area contributed by atoms with E-state index < -0.39 is 0 Å². The first kappa shape index (κ1) is 18.1. The number of aromatic nitrogens is 2. The number of aryl methyl sites for hydroxylation is 2. The van der Waals surface area contributed by atoms with Gasteiger partial charge < -0.3 is 5.32 Å². The summed E-state index contributed by atoms with van der Waals surface area (Å²) in [5.74, 6) is 2.62. The van der Waals surface area contributed by atoms with Crippen LogP contribution in [0.4, 0.5) is 5.82 Å². The van der Waals surface area contributed by atoms with Gasteiger partial charge in [-0.05, 0) is 68.6 Å². The number of nitrogens with one attached hydrogen (secondary N) is 1. The molecule has 1 N–H and O–H groups in total. The van der Waals surface area contributed by atoms with Crippen LogP contribution in [-0.4, -0.2) is 16.0 Å². The van der Waals surface area contributed by atoms with Crippen LogP contribution in [0, 0.1) is 11.8 Å². The maximum absolute atomic E-state index is 6.44. The Morgan fingerprint density at radius 2 is 1.65 bits per heavy atom. The summed E-state index contributed by atoms with van der Waals surface area (Å²) >= 11 is 12.5. The molecule has 4 rings (SSSR count). The van der Waals surface area contributed by atoms with Crippen molar-refractivity contribution in [2.24, 2.45) is 11.8 Å². The molecule has 1 aromatic heterocycles. The van der Waals surface area contributed by atoms with Gasteiger partial charge in [-0.25, -0.2) is 9.97 Å². The van der Waals surface area contributed by atoms with Crippen molar-refractivity contribution in [2.45, 2.75) is 58.4 Å². The predicted octanol–water partition coefficient (Wildman–Crippen LogP) is 6.18. The van der Waals surface area contributed by atoms with E-state index in [1.165, 1.54) is 25.7 Å². The van der Waals surface area contributed by atoms with Crippen LogP contribution in [-0.2, 0) is 12.8 Å². The van der Waals surface area contributed by atoms with Crippen LogP contribution in [0.15, 0.2) is 18.2 Å². The Morgan fingerprint density at radius 3 is 2.19 bits per heavy atom. The minimum atomic E-state index is 0.573. The molecule has 2 aliphatic carbocycles. The maximum Gasteiger partial charge on any atom is 0.148 e. The Morgan fingerprint density at radius 1 is 1.00 bits per heavy atom. The Balaban J connectivity index is 1.72. The van der Waals surface area contributed by atoms with Crippen molar-refractivity contribution in [2.75, 3.05) is 5.32 Å². The highest BCUT2D eigenvalue weighted by Crippen LogP contribution is 2.46. The average Bonchev–Trinajstić information content (AvgIpc) is 3.53. The number of rotatable bonds is 7. The molecule has 0 radical (unpaired) electrons. The molecule has 5 heteroatoms. The molecule has 0 spiro atoms. The Bertz CT molecular complexity index is 801. The van der Waals surface area contributed by atoms with Gasteiger partial charge in [0.25, 0.3) is 0 Å². The highest BCUT2D eigenvalue weighted by molar-refractivity contribution is 6.36. The second kappa shape index (κ2) is 7.36. The van der Waals surface area contributed by atoms with Gasteiger partial charge in [0, 0.05) is 16.6 Å². The van der Waals surface area contributed by atoms with Crippen LogP contribution in [0.5, 0.6) is 0 Å². The normalized spacial score (nSPS) is 17.0. The second-order valence-electron chi connectivity index (χ2n) is 7.49. The molecule has 138 valence electrons. The van der Waals surface area contributed by atoms with Gasteiger partial charge in [0.1, 0.15) is 5.82 Å². The molecule has 2 saturated carbocycles. The summed E-state index contributed by atoms with van der Waals surface area (Å²) in [6.45, 7) is 4.25. The molecule has 2 aromatic rings. The van der Waals surface area contributed by atoms with E-state index in [1.54, 1.807) is 6.07 Å². The van der Waals surface area contributed by atoms with Crippen LogP contribution in [0.2, 0.25) is 10.0 Å². The summed E-state index contributed by atoms with van der Waals surface area (Å²) in [4.78, 5) is 9.98. The van der Waals surface area contributed by atoms with Gasteiger partial charge in [-0.2, -0.15) is 0 Å². The SMILES string of the molecule is CCc1nc(-c2ccc(Cl)cc2Cl)c(CC)nc1NC(C1CC1)C1CC1. The third-order valence-corrected chi connectivity index (χ3v) is 6.01. The van der Waals surface area contributed by atoms with E-state index >= 15 is 0 Å². The summed E-state index contributed by atoms with van der Waals surface area (Å²) < 4.78 is 0. The van der Waals surface area contributed by atoms with E-state index in [2.05, 4.69) is 19.2 Å². The van der Waals surface area contributed by atoms with E-state index in [-0.39, 0.29) is 0 Å². The first-order valence-electron chi connectivity index (χ1n) is 9.72. The molecule has 0 bridgehead atoms. The Kier molecular flexibility index (Phi) is 5.11. The Hall–Kier alpha value is -1.32. The zero-order valence-electron chi connectivity index (χ0n) is 15.4. The molecule has 26 heavy (non-hydrogen) atoms. The lowest BCUT2D eigenvalue weighted by Crippen LogP contribution is -2.26. The Labute approximate surface area is 165 Å². The molecule has 2 fully saturated rings. The molecule has 1 heterocycles. The zero-order chi connectivity index (χ0) is 18.3. The summed E-state index contributed by atoms with van der Waals surface area (Å²) in [7, 11) is 0. The number of halogens is 2. The molecular weight excluding hydrogens is 365 g/mol. The van der Waals surface area contributed by atoms with Gasteiger partial charge in [-0.15, -0.1) is 0 Å². The molecule has 1 aromatic carbocycles. The monoisotopic (exact) mass is 389 g/mol. The van der Waals surface area contributed by atoms with Crippen LogP contribution in [0.3, 0.4) is 0 Å². The van der Waals surface area contributed by atoms with Crippen molar-refractivity contribution in [3.8, 4) is 11.3 Å². The summed E-state index contributed by atoms with van der Waals surface area (Å²) in [6, 6.07) is 6.15. The standard InChI is InChI=1S/C21H25Cl2N3/c1-3-17-20(15-10-9-14(22)11-16(15)23)24-18(4-2)21(25-17)26-19(12-5-6-12)13-7-8-13/h9-13,19H,3-8H2,1-2H3,(H,25,26). The van der Waals surface area contributed by atoms with Crippen molar-refractivity contribution >= 4 is 29.0 Å². The molecule has 0 unspecified atom stereocenters. The van der Waals surface area contributed by atoms with Crippen LogP contribution < -0.4 is 5.32 Å². The smallest absolute Gasteiger partial charge is 0.148 e. The van der Waals surface area contributed by atoms with E-state index in [4.69, 9.17) is 33.2 Å². The van der Waals surface area contributed by atoms with Crippen molar-refractivity contribution in [1.82, 2.24) is 9.97 Å². The van der Waals surface area contributed by atoms with Crippen molar-refractivity contribution in [3.63, 3.8) is 0 Å². The lowest BCUT2D eigenvalue weighted by atomic mass is 10.1. The maximum atomic E-state index is 6.44. The van der Waals surface area contributed by atoms with Crippen molar-refractivity contribution in [1.29, 1.82) is 0 Å². The molecule has 3 nitrogen and oxygen atoms in total. The largest absolute Gasteiger partial charge is 0.365 e. The van der Waals surface area contributed by atoms with Crippen LogP contribution in [0.1, 0.15) is 50.9 Å². The fourth-order valence-corrected chi connectivity index (χ4v) is 4.20. The minimum absolute atomic E-state index is 0.573. The van der Waals surface area contributed by atoms with Gasteiger partial charge in [0.2, 0.25) is 0 Å². The highest BCUT2D eigenvalue weighted by Gasteiger charge is 2.42. The fraction of sp³-hybridized carbons (Fsp3) is 0.524. The average molecular weight is 390 g/mol. The number of hydrogen-bond donors (Lipinski definition) is 1. The molecule has 0 saturated heterocycles. The summed E-state index contributed by atoms with van der Waals surface area (Å²) in [6.07, 6.45) is 7.06. The van der Waals surface area contributed by atoms with Gasteiger partial charge in [0.05, 0.1) is 22.1 Å². The highest BCUT2D eigenvalue weighted by atomic mass is 35.5. The number of hydrogen-bond acceptors (Lipinski definition) is 3. The predicted molar refractivity (Wildman–Crippen MR) is 109 cm³/mol. The third-order valence-electron chi connectivity index (χ3n) is 5.46. The van der Waals surface area contributed by atoms with E-state index in [1.807, 2.05) is 12.1 Å². The summed E-state index contributed by atoms with van der Waals surface area (Å²) in [5.41, 5.74) is 3.79. The van der Waals surface area contributed by atoms with Gasteiger partial charge in [-0.1, -0.05) is 37.0 Å². The molecule has 0 aliphatic heterocycles. The van der Waals surface area contributed by atoms with Gasteiger partial charge >= 0.3 is 0 Å². The van der Waals surface area contributed by atoms with Gasteiger partial charge in [-0.3, -0.25) is 0 Å². The van der Waals surface area contributed by atoms with Crippen molar-refractivity contribution in [3.05, 3.63) is 39.6 Å². The topological polar surface area (TPSA) is 37.8 Å². The molecule has 0 atom stereocenters. The van der Waals surface area contributed by atoms with Gasteiger partial charge in [0.15, 0.2) is 0 Å². The number of anilines is 1. The fourth-order valence-electron chi connectivity index (χ4n) is 3.70. The lowest BCUT2D eigenvalue weighted by Gasteiger charge is -2.21. The van der Waals surface area contributed by atoms with E-state index in [0.29, 0.717) is 16.1 Å². The lowest BCUT2D eigenvalue weighted by molar-refractivity contribution is 0.564. The van der Waals surface area contributed by atoms with E-state index in [0.717, 1.165) is 53.1 Å². The minimum Gasteiger partial charge on any atom is -0.365 e. The summed E-state index contributed by atoms with van der Waals surface area (Å²) in [5, 5.41) is 5.03. The van der Waals surface area contributed by atoms with Crippen molar-refractivity contribution < 1.29 is 0 Å². The number of nitrogens with zero attached hydrogens (tertiary/aromatic N) is 2. The molecular formula is C21H25Cl2N3. The first-order valence-corrected chi connectivity index (χ1v) is 10.5. The van der Waals surface area contributed by atoms with E-state index in [9.17, 15) is 0 Å². The van der Waals surface area contributed by atoms with Crippen LogP contribution in [0.25, 0.3) is 11.3 Å².